The predicted molar refractivity (Wildman–Crippen MR) is 63.2 cm³/mol. The van der Waals surface area contributed by atoms with E-state index in [1.807, 2.05) is 18.2 Å². The summed E-state index contributed by atoms with van der Waals surface area (Å²) in [5, 5.41) is 22.3. The largest absolute Gasteiger partial charge is 0.508 e. The van der Waals surface area contributed by atoms with Crippen LogP contribution in [0.4, 0.5) is 0 Å². The van der Waals surface area contributed by atoms with Gasteiger partial charge in [-0.15, -0.1) is 0 Å². The van der Waals surface area contributed by atoms with Gasteiger partial charge in [0.15, 0.2) is 0 Å². The van der Waals surface area contributed by atoms with Crippen LogP contribution in [0.3, 0.4) is 0 Å². The van der Waals surface area contributed by atoms with Gasteiger partial charge in [0.2, 0.25) is 0 Å². The molecule has 1 aromatic rings. The Labute approximate surface area is 96.1 Å². The molecule has 3 nitrogen and oxygen atoms in total. The highest BCUT2D eigenvalue weighted by Crippen LogP contribution is 2.24. The number of phenolic OH excluding ortho intramolecular Hbond substituents is 1. The van der Waals surface area contributed by atoms with Crippen LogP contribution in [-0.4, -0.2) is 22.9 Å². The zero-order valence-electron chi connectivity index (χ0n) is 9.39. The number of hydrogen-bond acceptors (Lipinski definition) is 3. The Bertz CT molecular complexity index is 340. The maximum atomic E-state index is 9.56. The summed E-state index contributed by atoms with van der Waals surface area (Å²) >= 11 is 0. The molecule has 0 saturated heterocycles. The van der Waals surface area contributed by atoms with E-state index in [0.29, 0.717) is 18.2 Å². The van der Waals surface area contributed by atoms with E-state index < -0.39 is 0 Å². The molecule has 2 rings (SSSR count). The van der Waals surface area contributed by atoms with Crippen LogP contribution in [0.25, 0.3) is 0 Å². The average Bonchev–Trinajstić information content (AvgIpc) is 2.67. The molecule has 88 valence electrons. The summed E-state index contributed by atoms with van der Waals surface area (Å²) in [6, 6.07) is 7.38. The van der Waals surface area contributed by atoms with Crippen LogP contribution >= 0.6 is 0 Å². The van der Waals surface area contributed by atoms with Crippen molar-refractivity contribution >= 4 is 0 Å². The molecule has 2 atom stereocenters. The van der Waals surface area contributed by atoms with Crippen molar-refractivity contribution in [1.82, 2.24) is 5.32 Å². The monoisotopic (exact) mass is 221 g/mol. The highest BCUT2D eigenvalue weighted by molar-refractivity contribution is 5.31. The van der Waals surface area contributed by atoms with Crippen molar-refractivity contribution < 1.29 is 10.2 Å². The quantitative estimate of drug-likeness (QED) is 0.724. The van der Waals surface area contributed by atoms with Gasteiger partial charge >= 0.3 is 0 Å². The fourth-order valence-electron chi connectivity index (χ4n) is 2.31. The summed E-state index contributed by atoms with van der Waals surface area (Å²) in [4.78, 5) is 0. The Morgan fingerprint density at radius 2 is 2.06 bits per heavy atom. The molecule has 16 heavy (non-hydrogen) atoms. The van der Waals surface area contributed by atoms with Gasteiger partial charge in [0.25, 0.3) is 0 Å². The van der Waals surface area contributed by atoms with Gasteiger partial charge in [0, 0.05) is 12.1 Å². The molecule has 1 aliphatic rings. The van der Waals surface area contributed by atoms with Crippen LogP contribution in [-0.2, 0) is 6.54 Å². The van der Waals surface area contributed by atoms with E-state index in [2.05, 4.69) is 5.32 Å². The number of nitrogens with one attached hydrogen (secondary N) is 1. The molecule has 2 unspecified atom stereocenters. The zero-order valence-corrected chi connectivity index (χ0v) is 9.39. The number of aromatic hydroxyl groups is 1. The molecule has 1 aliphatic carbocycles. The van der Waals surface area contributed by atoms with Gasteiger partial charge < -0.3 is 15.5 Å². The summed E-state index contributed by atoms with van der Waals surface area (Å²) in [6.07, 6.45) is 2.85. The van der Waals surface area contributed by atoms with Crippen LogP contribution < -0.4 is 5.32 Å². The van der Waals surface area contributed by atoms with Crippen LogP contribution in [0, 0.1) is 5.92 Å². The molecule has 0 heterocycles. The summed E-state index contributed by atoms with van der Waals surface area (Å²) in [5.74, 6) is 0.933. The molecule has 3 heteroatoms. The van der Waals surface area contributed by atoms with E-state index in [9.17, 15) is 10.2 Å². The first-order valence-electron chi connectivity index (χ1n) is 5.91. The first-order chi connectivity index (χ1) is 7.75. The van der Waals surface area contributed by atoms with Crippen molar-refractivity contribution in [2.45, 2.75) is 31.9 Å². The Balaban J connectivity index is 1.74. The lowest BCUT2D eigenvalue weighted by atomic mass is 10.1. The van der Waals surface area contributed by atoms with Gasteiger partial charge in [0.05, 0.1) is 6.10 Å². The minimum atomic E-state index is -0.100. The summed E-state index contributed by atoms with van der Waals surface area (Å²) < 4.78 is 0. The lowest BCUT2D eigenvalue weighted by Gasteiger charge is -2.11. The van der Waals surface area contributed by atoms with Crippen LogP contribution in [0.1, 0.15) is 24.8 Å². The summed E-state index contributed by atoms with van der Waals surface area (Å²) in [5.41, 5.74) is 0.932. The van der Waals surface area contributed by atoms with Gasteiger partial charge in [-0.3, -0.25) is 0 Å². The Morgan fingerprint density at radius 1 is 1.25 bits per heavy atom. The van der Waals surface area contributed by atoms with Gasteiger partial charge in [-0.05, 0) is 37.8 Å². The number of aliphatic hydroxyl groups is 1. The highest BCUT2D eigenvalue weighted by Gasteiger charge is 2.21. The smallest absolute Gasteiger partial charge is 0.120 e. The molecule has 1 saturated carbocycles. The molecule has 3 N–H and O–H groups in total. The molecule has 1 fully saturated rings. The zero-order chi connectivity index (χ0) is 11.4. The van der Waals surface area contributed by atoms with Crippen molar-refractivity contribution in [2.75, 3.05) is 6.54 Å². The number of hydrogen-bond donors (Lipinski definition) is 3. The second-order valence-corrected chi connectivity index (χ2v) is 4.59. The average molecular weight is 221 g/mol. The maximum absolute atomic E-state index is 9.56. The normalized spacial score (nSPS) is 24.8. The SMILES string of the molecule is Oc1ccccc1CNCC1CCC(O)C1. The number of benzene rings is 1. The highest BCUT2D eigenvalue weighted by atomic mass is 16.3. The molecule has 0 radical (unpaired) electrons. The topological polar surface area (TPSA) is 52.5 Å². The fourth-order valence-corrected chi connectivity index (χ4v) is 2.31. The summed E-state index contributed by atoms with van der Waals surface area (Å²) in [7, 11) is 0. The van der Waals surface area contributed by atoms with Gasteiger partial charge in [-0.2, -0.15) is 0 Å². The van der Waals surface area contributed by atoms with E-state index in [1.54, 1.807) is 6.07 Å². The first-order valence-corrected chi connectivity index (χ1v) is 5.91. The number of aliphatic hydroxyl groups excluding tert-OH is 1. The van der Waals surface area contributed by atoms with Crippen molar-refractivity contribution in [3.63, 3.8) is 0 Å². The third kappa shape index (κ3) is 2.97. The number of rotatable bonds is 4. The second-order valence-electron chi connectivity index (χ2n) is 4.59. The third-order valence-corrected chi connectivity index (χ3v) is 3.25. The molecule has 1 aromatic carbocycles. The minimum absolute atomic E-state index is 0.100. The third-order valence-electron chi connectivity index (χ3n) is 3.25. The lowest BCUT2D eigenvalue weighted by molar-refractivity contribution is 0.177. The lowest BCUT2D eigenvalue weighted by Crippen LogP contribution is -2.21. The molecule has 0 aromatic heterocycles. The first kappa shape index (κ1) is 11.4. The van der Waals surface area contributed by atoms with Gasteiger partial charge in [0.1, 0.15) is 5.75 Å². The minimum Gasteiger partial charge on any atom is -0.508 e. The van der Waals surface area contributed by atoms with Crippen molar-refractivity contribution in [3.8, 4) is 5.75 Å². The molecule has 0 spiro atoms. The van der Waals surface area contributed by atoms with Crippen molar-refractivity contribution in [1.29, 1.82) is 0 Å². The standard InChI is InChI=1S/C13H19NO2/c15-12-6-5-10(7-12)8-14-9-11-3-1-2-4-13(11)16/h1-4,10,12,14-16H,5-9H2. The molecule has 0 aliphatic heterocycles. The Kier molecular flexibility index (Phi) is 3.80. The van der Waals surface area contributed by atoms with Gasteiger partial charge in [-0.1, -0.05) is 18.2 Å². The van der Waals surface area contributed by atoms with E-state index in [-0.39, 0.29) is 6.10 Å². The van der Waals surface area contributed by atoms with Gasteiger partial charge in [-0.25, -0.2) is 0 Å². The van der Waals surface area contributed by atoms with Crippen LogP contribution in [0.2, 0.25) is 0 Å². The number of phenols is 1. The van der Waals surface area contributed by atoms with Crippen LogP contribution in [0.15, 0.2) is 24.3 Å². The van der Waals surface area contributed by atoms with E-state index in [4.69, 9.17) is 0 Å². The Morgan fingerprint density at radius 3 is 2.75 bits per heavy atom. The molecule has 0 amide bonds. The molecular formula is C13H19NO2. The fraction of sp³-hybridized carbons (Fsp3) is 0.538. The van der Waals surface area contributed by atoms with E-state index in [0.717, 1.165) is 31.4 Å². The number of para-hydroxylation sites is 1. The Hall–Kier alpha value is -1.06. The maximum Gasteiger partial charge on any atom is 0.120 e. The van der Waals surface area contributed by atoms with Crippen LogP contribution in [0.5, 0.6) is 5.75 Å². The second kappa shape index (κ2) is 5.32. The van der Waals surface area contributed by atoms with E-state index >= 15 is 0 Å². The molecule has 0 bridgehead atoms. The van der Waals surface area contributed by atoms with Crippen molar-refractivity contribution in [2.24, 2.45) is 5.92 Å². The molecular weight excluding hydrogens is 202 g/mol. The summed E-state index contributed by atoms with van der Waals surface area (Å²) in [6.45, 7) is 1.62. The predicted octanol–water partition coefficient (Wildman–Crippen LogP) is 1.64. The van der Waals surface area contributed by atoms with E-state index in [1.165, 1.54) is 0 Å². The van der Waals surface area contributed by atoms with Crippen molar-refractivity contribution in [3.05, 3.63) is 29.8 Å².